The molecule has 20 N–H and O–H groups in total. The van der Waals surface area contributed by atoms with E-state index in [1.165, 1.54) is 32.3 Å². The molecular weight excluding hydrogens is 2010 g/mol. The molecule has 0 aromatic carbocycles. The lowest BCUT2D eigenvalue weighted by Crippen LogP contribution is -2.33. The number of aliphatic hydroxyl groups excluding tert-OH is 2. The van der Waals surface area contributed by atoms with Crippen molar-refractivity contribution < 1.29 is 154 Å². The van der Waals surface area contributed by atoms with Gasteiger partial charge in [-0.1, -0.05) is 0 Å². The summed E-state index contributed by atoms with van der Waals surface area (Å²) >= 11 is 0. The first-order chi connectivity index (χ1) is 65.9. The van der Waals surface area contributed by atoms with Crippen molar-refractivity contribution in [3.8, 4) is 0 Å². The Kier molecular flexibility index (Phi) is 29.9. The van der Waals surface area contributed by atoms with Crippen molar-refractivity contribution in [1.29, 1.82) is 0 Å². The van der Waals surface area contributed by atoms with Gasteiger partial charge in [0, 0.05) is 98.2 Å². The number of aliphatic hydroxyl groups is 2. The first kappa shape index (κ1) is 103. The minimum Gasteiger partial charge on any atom is -0.394 e. The maximum Gasteiger partial charge on any atom is 0.472 e. The van der Waals surface area contributed by atoms with Crippen LogP contribution in [0, 0.1) is 27.7 Å². The Hall–Kier alpha value is -10.00. The van der Waals surface area contributed by atoms with Crippen molar-refractivity contribution in [3.05, 3.63) is 187 Å². The monoisotopic (exact) mass is 2100 g/mol. The van der Waals surface area contributed by atoms with Crippen LogP contribution in [0.25, 0.3) is 22.3 Å². The lowest BCUT2D eigenvalue weighted by atomic mass is 10.2. The second-order valence-electron chi connectivity index (χ2n) is 32.8. The van der Waals surface area contributed by atoms with E-state index in [-0.39, 0.29) is 69.2 Å². The quantitative estimate of drug-likeness (QED) is 0.0164. The topological polar surface area (TPSA) is 899 Å². The van der Waals surface area contributed by atoms with Crippen LogP contribution in [-0.2, 0) is 115 Å². The second-order valence-corrected chi connectivity index (χ2v) is 41.2. The molecule has 0 aliphatic carbocycles. The van der Waals surface area contributed by atoms with E-state index in [1.54, 1.807) is 0 Å². The number of nitrogens with two attached hydrogens (primary N) is 3. The Bertz CT molecular complexity index is 7260. The van der Waals surface area contributed by atoms with Gasteiger partial charge in [0.2, 0.25) is 11.9 Å². The van der Waals surface area contributed by atoms with Gasteiger partial charge in [0.15, 0.2) is 22.3 Å². The third-order valence-corrected chi connectivity index (χ3v) is 29.1. The van der Waals surface area contributed by atoms with Crippen molar-refractivity contribution in [2.24, 2.45) is 0 Å². The highest BCUT2D eigenvalue weighted by Crippen LogP contribution is 2.58. The van der Waals surface area contributed by atoms with Gasteiger partial charge in [0.1, 0.15) is 129 Å². The summed E-state index contributed by atoms with van der Waals surface area (Å²) in [6.45, 7) is -2.29. The van der Waals surface area contributed by atoms with Crippen LogP contribution in [0.2, 0.25) is 0 Å². The van der Waals surface area contributed by atoms with E-state index >= 15 is 0 Å². The van der Waals surface area contributed by atoms with Gasteiger partial charge < -0.3 is 89.9 Å². The van der Waals surface area contributed by atoms with Crippen LogP contribution in [0.3, 0.4) is 0 Å². The maximum atomic E-state index is 14.6. The number of anilines is 3. The highest BCUT2D eigenvalue weighted by Gasteiger charge is 2.53. The summed E-state index contributed by atoms with van der Waals surface area (Å²) in [6.07, 6.45) is -30.4. The third kappa shape index (κ3) is 23.4. The second kappa shape index (κ2) is 40.7. The zero-order valence-electron chi connectivity index (χ0n) is 72.7. The number of hydrogen-bond donors (Lipinski definition) is 17. The summed E-state index contributed by atoms with van der Waals surface area (Å²) < 4.78 is 200. The number of imidazole rings is 2. The van der Waals surface area contributed by atoms with Crippen molar-refractivity contribution in [3.63, 3.8) is 0 Å². The van der Waals surface area contributed by atoms with Gasteiger partial charge in [-0.2, -0.15) is 15.0 Å². The van der Waals surface area contributed by atoms with Gasteiger partial charge >= 0.3 is 75.4 Å². The van der Waals surface area contributed by atoms with Crippen LogP contribution in [0.4, 0.5) is 17.7 Å². The number of aromatic amines is 6. The Morgan fingerprint density at radius 2 is 0.600 bits per heavy atom. The van der Waals surface area contributed by atoms with E-state index in [1.807, 2.05) is 4.98 Å². The van der Waals surface area contributed by atoms with Crippen molar-refractivity contribution in [1.82, 2.24) is 86.8 Å². The molecular formula is C69H89N21O44P6. The normalized spacial score (nSPS) is 29.7. The van der Waals surface area contributed by atoms with E-state index in [0.29, 0.717) is 0 Å². The lowest BCUT2D eigenvalue weighted by Gasteiger charge is -2.26. The first-order valence-electron chi connectivity index (χ1n) is 41.8. The van der Waals surface area contributed by atoms with E-state index in [9.17, 15) is 120 Å². The fourth-order valence-corrected chi connectivity index (χ4v) is 22.0. The molecule has 27 atom stereocenters. The van der Waals surface area contributed by atoms with Crippen molar-refractivity contribution >= 4 is 87.0 Å². The van der Waals surface area contributed by atoms with Gasteiger partial charge in [-0.3, -0.25) is 145 Å². The number of nitrogens with zero attached hydrogens (tertiary/aromatic N) is 12. The summed E-state index contributed by atoms with van der Waals surface area (Å²) in [5, 5.41) is 21.2. The highest BCUT2D eigenvalue weighted by atomic mass is 31.2. The van der Waals surface area contributed by atoms with Gasteiger partial charge in [-0.05, 0) is 33.8 Å². The van der Waals surface area contributed by atoms with Gasteiger partial charge in [-0.15, -0.1) is 0 Å². The van der Waals surface area contributed by atoms with E-state index in [4.69, 9.17) is 105 Å². The van der Waals surface area contributed by atoms with Gasteiger partial charge in [-0.25, -0.2) is 61.3 Å². The standard InChI is InChI=1S/C69H89N21O44P6/c1-27-14-85(66(100)80-57(27)93)46-7-31(92)39(123-46)19-116-135(104,105)131-34-10-48(86-15-28(2)58(94)81-67(86)101)126-42(34)22-119-137(108,109)130-33-9-47(84-6-5-45(70)75-65(84)99)124-40(33)20-118-138(110,111)132-36-12-50(88-17-30(4)60(96)83-69(88)103)127-43(36)23-120-140(114,115)134-37-13-52(90-26-74-54-56(90)77-64(72)79-62(54)98)128-44(37)24-121-139(112,113)133-35-11-49(87-16-29(3)59(95)82-68(87)102)125-41(35)21-117-136(106,107)129-32-8-51(122-38(32)18-91)89-25-73-53-55(89)76-63(71)78-61(53)97/h5-6,14-17,25-26,31-44,46-52,91-92H,7-13,18-24H2,1-4H3,(H,104,105)(H,106,107)(H,108,109)(H,110,111)(H,112,113)(H,114,115)(H2,70,75,99)(H,80,93,100)(H,81,94,101)(H,82,95,102)(H,83,96,103)(H3,71,76,78,97)(H3,72,77,79,98)/t31-,32-,33-,34-,35-,36-,37-,38+,39+,40+,41+,42+,43+,44+,46+,47+,48+,49+,50+,51+,52+/m0/s1. The van der Waals surface area contributed by atoms with E-state index in [0.717, 1.165) is 77.1 Å². The van der Waals surface area contributed by atoms with Crippen LogP contribution in [0.1, 0.15) is 111 Å². The Morgan fingerprint density at radius 1 is 0.350 bits per heavy atom. The zero-order valence-corrected chi connectivity index (χ0v) is 78.1. The molecule has 7 aliphatic rings. The number of phosphoric acid groups is 6. The highest BCUT2D eigenvalue weighted by molar-refractivity contribution is 7.48. The smallest absolute Gasteiger partial charge is 0.394 e. The molecule has 0 radical (unpaired) electrons. The number of nitrogen functional groups attached to an aromatic ring is 3. The van der Waals surface area contributed by atoms with E-state index in [2.05, 4.69) is 49.8 Å². The van der Waals surface area contributed by atoms with Crippen LogP contribution >= 0.6 is 46.9 Å². The number of ether oxygens (including phenoxy) is 7. The molecule has 7 aliphatic heterocycles. The van der Waals surface area contributed by atoms with Crippen LogP contribution < -0.4 is 79.0 Å². The van der Waals surface area contributed by atoms with Crippen LogP contribution in [-0.4, -0.2) is 258 Å². The number of aryl methyl sites for hydroxylation is 4. The molecule has 764 valence electrons. The molecule has 7 fully saturated rings. The lowest BCUT2D eigenvalue weighted by molar-refractivity contribution is -0.0658. The fourth-order valence-electron chi connectivity index (χ4n) is 16.2. The Balaban J connectivity index is 0.602. The number of rotatable bonds is 38. The van der Waals surface area contributed by atoms with Gasteiger partial charge in [0.25, 0.3) is 33.4 Å². The summed E-state index contributed by atoms with van der Waals surface area (Å²) in [5.41, 5.74) is 6.48. The average Bonchev–Trinajstić information content (AvgIpc) is 1.62. The molecule has 0 spiro atoms. The van der Waals surface area contributed by atoms with Gasteiger partial charge in [0.05, 0.1) is 65.0 Å². The predicted molar refractivity (Wildman–Crippen MR) is 459 cm³/mol. The zero-order chi connectivity index (χ0) is 101. The number of aromatic nitrogens is 18. The number of phosphoric ester groups is 6. The predicted octanol–water partition coefficient (Wildman–Crippen LogP) is -3.93. The summed E-state index contributed by atoms with van der Waals surface area (Å²) in [6, 6.07) is 1.14. The summed E-state index contributed by atoms with van der Waals surface area (Å²) in [7, 11) is -33.6. The molecule has 65 nitrogen and oxygen atoms in total. The molecule has 71 heteroatoms. The average molecular weight is 2100 g/mol. The SMILES string of the molecule is Cc1cn([C@H]2C[C@H](OP(=O)(O)OC[C@H]3O[C@@H](n4cc(C)c(=O)[nH]c4=O)C[C@@H]3O)[C@@H](COP(=O)(O)O[C@H]3C[C@H](n4ccc(N)nc4=O)O[C@@H]3COP(=O)(O)O[C@H]3C[C@H](n4cc(C)c(=O)[nH]c4=O)O[C@@H]3COP(=O)(O)O[C@H]3C[C@H](n4cnc5c(=O)[nH]c(N)nc54)O[C@@H]3COP(=O)(O)O[C@H]3C[C@H](n4cc(C)c(=O)[nH]c4=O)O[C@@H]3COP(=O)(O)O[C@H]3C[C@H](n4cnc5c(=O)[nH]c(N)nc54)O[C@@H]3CO)O2)c(=O)[nH]c1=O. The molecule has 7 saturated heterocycles. The minimum absolute atomic E-state index is 0.0360. The number of nitrogens with one attached hydrogen (secondary N) is 6. The first-order valence-corrected chi connectivity index (χ1v) is 50.8. The van der Waals surface area contributed by atoms with Crippen LogP contribution in [0.5, 0.6) is 0 Å². The Labute approximate surface area is 776 Å². The largest absolute Gasteiger partial charge is 0.472 e. The summed E-state index contributed by atoms with van der Waals surface area (Å²) in [4.78, 5) is 243. The molecule has 9 aromatic heterocycles. The fraction of sp³-hybridized carbons (Fsp3) is 0.565. The third-order valence-electron chi connectivity index (χ3n) is 23.0. The number of hydrogen-bond acceptors (Lipinski definition) is 46. The molecule has 0 amide bonds. The molecule has 0 bridgehead atoms. The molecule has 140 heavy (non-hydrogen) atoms. The maximum absolute atomic E-state index is 14.6. The molecule has 6 unspecified atom stereocenters. The minimum atomic E-state index is -5.76. The molecule has 16 heterocycles. The van der Waals surface area contributed by atoms with Crippen molar-refractivity contribution in [2.45, 2.75) is 202 Å². The molecule has 0 saturated carbocycles. The van der Waals surface area contributed by atoms with E-state index < -0.39 is 322 Å². The molecule has 16 rings (SSSR count). The Morgan fingerprint density at radius 3 is 0.886 bits per heavy atom. The molecule has 9 aromatic rings. The van der Waals surface area contributed by atoms with Crippen LogP contribution in [0.15, 0.2) is 102 Å². The number of fused-ring (bicyclic) bond motifs is 2. The summed E-state index contributed by atoms with van der Waals surface area (Å²) in [5.74, 6) is -1.02. The number of H-pyrrole nitrogens is 6. The van der Waals surface area contributed by atoms with Crippen molar-refractivity contribution in [2.75, 3.05) is 63.4 Å².